The maximum absolute atomic E-state index is 10.9. The first-order valence-corrected chi connectivity index (χ1v) is 5.22. The van der Waals surface area contributed by atoms with Crippen LogP contribution < -0.4 is 0 Å². The quantitative estimate of drug-likeness (QED) is 0.697. The van der Waals surface area contributed by atoms with E-state index in [1.807, 2.05) is 6.26 Å². The number of hydrogen-bond donors (Lipinski definition) is 1. The Morgan fingerprint density at radius 2 is 1.91 bits per heavy atom. The van der Waals surface area contributed by atoms with Crippen LogP contribution in [0.15, 0.2) is 0 Å². The molecule has 3 heteroatoms. The van der Waals surface area contributed by atoms with Gasteiger partial charge in [-0.15, -0.1) is 11.8 Å². The lowest BCUT2D eigenvalue weighted by atomic mass is 9.88. The second kappa shape index (κ2) is 3.48. The third kappa shape index (κ3) is 1.70. The minimum Gasteiger partial charge on any atom is -0.480 e. The largest absolute Gasteiger partial charge is 0.480 e. The highest BCUT2D eigenvalue weighted by Crippen LogP contribution is 2.38. The van der Waals surface area contributed by atoms with Crippen molar-refractivity contribution in [2.45, 2.75) is 36.9 Å². The number of hydrogen-bond acceptors (Lipinski definition) is 2. The Kier molecular flexibility index (Phi) is 2.82. The fraction of sp³-hybridized carbons (Fsp3) is 0.875. The van der Waals surface area contributed by atoms with E-state index in [4.69, 9.17) is 5.11 Å². The highest BCUT2D eigenvalue weighted by Gasteiger charge is 2.38. The second-order valence-corrected chi connectivity index (χ2v) is 4.25. The van der Waals surface area contributed by atoms with Crippen molar-refractivity contribution in [3.05, 3.63) is 0 Å². The summed E-state index contributed by atoms with van der Waals surface area (Å²) < 4.78 is -0.446. The van der Waals surface area contributed by atoms with Crippen molar-refractivity contribution in [2.75, 3.05) is 6.26 Å². The normalized spacial score (nSPS) is 23.0. The van der Waals surface area contributed by atoms with Gasteiger partial charge in [-0.3, -0.25) is 4.79 Å². The minimum atomic E-state index is -0.621. The van der Waals surface area contributed by atoms with E-state index >= 15 is 0 Å². The first-order valence-electron chi connectivity index (χ1n) is 4.00. The SMILES string of the molecule is CSC1(C(=O)O)CCCCC1. The average molecular weight is 174 g/mol. The van der Waals surface area contributed by atoms with Gasteiger partial charge < -0.3 is 5.11 Å². The monoisotopic (exact) mass is 174 g/mol. The summed E-state index contributed by atoms with van der Waals surface area (Å²) >= 11 is 1.50. The standard InChI is InChI=1S/C8H14O2S/c1-11-8(7(9)10)5-3-2-4-6-8/h2-6H2,1H3,(H,9,10). The van der Waals surface area contributed by atoms with Crippen molar-refractivity contribution in [3.63, 3.8) is 0 Å². The van der Waals surface area contributed by atoms with Gasteiger partial charge in [0, 0.05) is 0 Å². The van der Waals surface area contributed by atoms with Crippen molar-refractivity contribution in [3.8, 4) is 0 Å². The van der Waals surface area contributed by atoms with E-state index in [0.29, 0.717) is 0 Å². The molecular weight excluding hydrogens is 160 g/mol. The van der Waals surface area contributed by atoms with Crippen LogP contribution in [0.1, 0.15) is 32.1 Å². The Bertz CT molecular complexity index is 150. The lowest BCUT2D eigenvalue weighted by molar-refractivity contribution is -0.140. The predicted octanol–water partition coefficient (Wildman–Crippen LogP) is 2.14. The molecular formula is C8H14O2S. The molecule has 1 N–H and O–H groups in total. The lowest BCUT2D eigenvalue weighted by Crippen LogP contribution is -2.36. The van der Waals surface area contributed by atoms with Gasteiger partial charge in [0.2, 0.25) is 0 Å². The molecule has 1 aliphatic rings. The summed E-state index contributed by atoms with van der Waals surface area (Å²) in [5.74, 6) is -0.621. The Labute approximate surface area is 71.4 Å². The van der Waals surface area contributed by atoms with Gasteiger partial charge in [0.1, 0.15) is 4.75 Å². The third-order valence-electron chi connectivity index (χ3n) is 2.44. The molecule has 0 heterocycles. The summed E-state index contributed by atoms with van der Waals surface area (Å²) in [6.45, 7) is 0. The molecule has 1 aliphatic carbocycles. The van der Waals surface area contributed by atoms with E-state index in [-0.39, 0.29) is 0 Å². The molecule has 0 spiro atoms. The molecule has 0 aliphatic heterocycles. The molecule has 0 unspecified atom stereocenters. The highest BCUT2D eigenvalue weighted by atomic mass is 32.2. The zero-order valence-corrected chi connectivity index (χ0v) is 7.62. The molecule has 0 saturated heterocycles. The van der Waals surface area contributed by atoms with E-state index in [1.54, 1.807) is 0 Å². The molecule has 1 fully saturated rings. The van der Waals surface area contributed by atoms with Crippen LogP contribution in [0.2, 0.25) is 0 Å². The van der Waals surface area contributed by atoms with Gasteiger partial charge in [-0.05, 0) is 19.1 Å². The predicted molar refractivity (Wildman–Crippen MR) is 47.0 cm³/mol. The molecule has 0 aromatic heterocycles. The Morgan fingerprint density at radius 3 is 2.18 bits per heavy atom. The van der Waals surface area contributed by atoms with Crippen molar-refractivity contribution < 1.29 is 9.90 Å². The summed E-state index contributed by atoms with van der Waals surface area (Å²) in [4.78, 5) is 10.9. The van der Waals surface area contributed by atoms with Gasteiger partial charge in [-0.2, -0.15) is 0 Å². The van der Waals surface area contributed by atoms with E-state index in [9.17, 15) is 4.79 Å². The lowest BCUT2D eigenvalue weighted by Gasteiger charge is -2.30. The molecule has 0 aromatic rings. The number of rotatable bonds is 2. The van der Waals surface area contributed by atoms with Crippen molar-refractivity contribution >= 4 is 17.7 Å². The second-order valence-electron chi connectivity index (χ2n) is 3.06. The molecule has 64 valence electrons. The van der Waals surface area contributed by atoms with E-state index in [1.165, 1.54) is 18.2 Å². The van der Waals surface area contributed by atoms with Crippen LogP contribution in [0.25, 0.3) is 0 Å². The summed E-state index contributed by atoms with van der Waals surface area (Å²) in [5, 5.41) is 8.97. The average Bonchev–Trinajstić information content (AvgIpc) is 2.05. The number of carboxylic acid groups (broad SMARTS) is 1. The van der Waals surface area contributed by atoms with Crippen LogP contribution in [-0.4, -0.2) is 22.1 Å². The van der Waals surface area contributed by atoms with Gasteiger partial charge in [0.25, 0.3) is 0 Å². The minimum absolute atomic E-state index is 0.446. The molecule has 0 atom stereocenters. The van der Waals surface area contributed by atoms with Gasteiger partial charge in [0.15, 0.2) is 0 Å². The molecule has 11 heavy (non-hydrogen) atoms. The number of carboxylic acids is 1. The zero-order chi connectivity index (χ0) is 8.32. The third-order valence-corrected chi connectivity index (χ3v) is 3.81. The van der Waals surface area contributed by atoms with Gasteiger partial charge >= 0.3 is 5.97 Å². The summed E-state index contributed by atoms with van der Waals surface area (Å²) in [6, 6.07) is 0. The van der Waals surface area contributed by atoms with Crippen LogP contribution in [0.5, 0.6) is 0 Å². The van der Waals surface area contributed by atoms with Gasteiger partial charge in [0.05, 0.1) is 0 Å². The molecule has 2 nitrogen and oxygen atoms in total. The molecule has 0 amide bonds. The van der Waals surface area contributed by atoms with Crippen LogP contribution >= 0.6 is 11.8 Å². The molecule has 0 aromatic carbocycles. The topological polar surface area (TPSA) is 37.3 Å². The molecule has 0 radical (unpaired) electrons. The first-order chi connectivity index (χ1) is 5.21. The Hall–Kier alpha value is -0.180. The summed E-state index contributed by atoms with van der Waals surface area (Å²) in [5.41, 5.74) is 0. The zero-order valence-electron chi connectivity index (χ0n) is 6.80. The smallest absolute Gasteiger partial charge is 0.319 e. The first kappa shape index (κ1) is 8.91. The molecule has 1 rings (SSSR count). The summed E-state index contributed by atoms with van der Waals surface area (Å²) in [6.07, 6.45) is 6.96. The van der Waals surface area contributed by atoms with Crippen molar-refractivity contribution in [1.82, 2.24) is 0 Å². The van der Waals surface area contributed by atoms with Crippen LogP contribution in [-0.2, 0) is 4.79 Å². The molecule has 0 bridgehead atoms. The fourth-order valence-corrected chi connectivity index (χ4v) is 2.50. The molecule has 1 saturated carbocycles. The van der Waals surface area contributed by atoms with E-state index in [0.717, 1.165) is 25.7 Å². The van der Waals surface area contributed by atoms with Gasteiger partial charge in [-0.25, -0.2) is 0 Å². The van der Waals surface area contributed by atoms with Gasteiger partial charge in [-0.1, -0.05) is 19.3 Å². The Morgan fingerprint density at radius 1 is 1.36 bits per heavy atom. The van der Waals surface area contributed by atoms with E-state index in [2.05, 4.69) is 0 Å². The Balaban J connectivity index is 2.64. The van der Waals surface area contributed by atoms with Crippen molar-refractivity contribution in [1.29, 1.82) is 0 Å². The van der Waals surface area contributed by atoms with Crippen molar-refractivity contribution in [2.24, 2.45) is 0 Å². The fourth-order valence-electron chi connectivity index (χ4n) is 1.63. The van der Waals surface area contributed by atoms with Crippen LogP contribution in [0.4, 0.5) is 0 Å². The number of thioether (sulfide) groups is 1. The van der Waals surface area contributed by atoms with Crippen LogP contribution in [0, 0.1) is 0 Å². The number of carbonyl (C=O) groups is 1. The maximum atomic E-state index is 10.9. The summed E-state index contributed by atoms with van der Waals surface area (Å²) in [7, 11) is 0. The number of aliphatic carboxylic acids is 1. The maximum Gasteiger partial charge on any atom is 0.319 e. The van der Waals surface area contributed by atoms with E-state index < -0.39 is 10.7 Å². The van der Waals surface area contributed by atoms with Crippen LogP contribution in [0.3, 0.4) is 0 Å². The highest BCUT2D eigenvalue weighted by molar-refractivity contribution is 8.00.